The van der Waals surface area contributed by atoms with Crippen molar-refractivity contribution < 1.29 is 13.9 Å². The average molecular weight is 402 g/mol. The molecule has 0 saturated heterocycles. The molecule has 0 spiro atoms. The Hall–Kier alpha value is -2.86. The second kappa shape index (κ2) is 9.37. The maximum atomic E-state index is 13.6. The number of carbonyl (C=O) groups is 1. The van der Waals surface area contributed by atoms with Gasteiger partial charge >= 0.3 is 0 Å². The van der Waals surface area contributed by atoms with Crippen LogP contribution in [0.1, 0.15) is 18.9 Å². The number of ether oxygens (including phenoxy) is 1. The summed E-state index contributed by atoms with van der Waals surface area (Å²) in [6.45, 7) is 2.05. The van der Waals surface area contributed by atoms with Gasteiger partial charge < -0.3 is 10.1 Å². The van der Waals surface area contributed by atoms with Crippen molar-refractivity contribution in [3.8, 4) is 11.6 Å². The molecule has 1 N–H and O–H groups in total. The van der Waals surface area contributed by atoms with E-state index >= 15 is 0 Å². The van der Waals surface area contributed by atoms with Crippen LogP contribution in [0.25, 0.3) is 5.69 Å². The third kappa shape index (κ3) is 5.10. The highest BCUT2D eigenvalue weighted by atomic mass is 35.5. The third-order valence-corrected chi connectivity index (χ3v) is 4.46. The summed E-state index contributed by atoms with van der Waals surface area (Å²) in [7, 11) is 0. The van der Waals surface area contributed by atoms with Gasteiger partial charge in [-0.3, -0.25) is 4.79 Å². The zero-order valence-corrected chi connectivity index (χ0v) is 16.2. The molecule has 3 rings (SSSR count). The zero-order chi connectivity index (χ0) is 19.9. The first-order valence-electron chi connectivity index (χ1n) is 9.03. The molecule has 2 aromatic carbocycles. The predicted octanol–water partition coefficient (Wildman–Crippen LogP) is 4.18. The van der Waals surface area contributed by atoms with Crippen molar-refractivity contribution in [1.29, 1.82) is 0 Å². The maximum Gasteiger partial charge on any atom is 0.260 e. The van der Waals surface area contributed by atoms with Crippen molar-refractivity contribution in [2.24, 2.45) is 0 Å². The number of halogens is 2. The molecular weight excluding hydrogens is 381 g/mol. The molecule has 0 bridgehead atoms. The van der Waals surface area contributed by atoms with E-state index in [4.69, 9.17) is 16.3 Å². The Kier molecular flexibility index (Phi) is 6.66. The lowest BCUT2D eigenvalue weighted by molar-refractivity contribution is -0.127. The molecule has 146 valence electrons. The Balaban J connectivity index is 1.49. The summed E-state index contributed by atoms with van der Waals surface area (Å²) in [6, 6.07) is 16.1. The molecule has 0 radical (unpaired) electrons. The summed E-state index contributed by atoms with van der Waals surface area (Å²) < 4.78 is 20.8. The highest BCUT2D eigenvalue weighted by Crippen LogP contribution is 2.25. The fourth-order valence-corrected chi connectivity index (χ4v) is 2.86. The number of aryl methyl sites for hydroxylation is 1. The van der Waals surface area contributed by atoms with Crippen molar-refractivity contribution in [2.45, 2.75) is 25.9 Å². The van der Waals surface area contributed by atoms with E-state index in [2.05, 4.69) is 10.4 Å². The van der Waals surface area contributed by atoms with Gasteiger partial charge in [-0.05, 0) is 43.5 Å². The van der Waals surface area contributed by atoms with Gasteiger partial charge in [0.2, 0.25) is 0 Å². The van der Waals surface area contributed by atoms with Gasteiger partial charge in [0.1, 0.15) is 10.8 Å². The van der Waals surface area contributed by atoms with Crippen LogP contribution in [0.2, 0.25) is 5.02 Å². The van der Waals surface area contributed by atoms with Gasteiger partial charge in [-0.1, -0.05) is 48.0 Å². The van der Waals surface area contributed by atoms with Crippen LogP contribution in [0.5, 0.6) is 5.88 Å². The number of aromatic nitrogens is 2. The van der Waals surface area contributed by atoms with Gasteiger partial charge in [0, 0.05) is 6.54 Å². The summed E-state index contributed by atoms with van der Waals surface area (Å²) in [6.07, 6.45) is 2.05. The Morgan fingerprint density at radius 2 is 1.93 bits per heavy atom. The monoisotopic (exact) mass is 401 g/mol. The predicted molar refractivity (Wildman–Crippen MR) is 106 cm³/mol. The number of hydrogen-bond acceptors (Lipinski definition) is 3. The summed E-state index contributed by atoms with van der Waals surface area (Å²) >= 11 is 6.18. The topological polar surface area (TPSA) is 56.2 Å². The summed E-state index contributed by atoms with van der Waals surface area (Å²) in [4.78, 5) is 12.2. The number of nitrogens with one attached hydrogen (secondary N) is 1. The molecule has 7 heteroatoms. The molecule has 0 aliphatic carbocycles. The Morgan fingerprint density at radius 1 is 1.21 bits per heavy atom. The zero-order valence-electron chi connectivity index (χ0n) is 15.4. The lowest BCUT2D eigenvalue weighted by Crippen LogP contribution is -2.37. The first-order chi connectivity index (χ1) is 13.5. The normalized spacial score (nSPS) is 11.8. The largest absolute Gasteiger partial charge is 0.462 e. The van der Waals surface area contributed by atoms with Crippen molar-refractivity contribution in [2.75, 3.05) is 6.54 Å². The number of nitrogens with zero attached hydrogens (tertiary/aromatic N) is 2. The van der Waals surface area contributed by atoms with Gasteiger partial charge in [-0.15, -0.1) is 5.10 Å². The Morgan fingerprint density at radius 3 is 2.68 bits per heavy atom. The van der Waals surface area contributed by atoms with E-state index in [9.17, 15) is 9.18 Å². The molecule has 0 saturated carbocycles. The molecule has 0 fully saturated rings. The second-order valence-electron chi connectivity index (χ2n) is 6.31. The maximum absolute atomic E-state index is 13.6. The van der Waals surface area contributed by atoms with Crippen molar-refractivity contribution in [3.05, 3.63) is 77.2 Å². The molecule has 1 aromatic heterocycles. The minimum absolute atomic E-state index is 0.194. The molecule has 0 aliphatic heterocycles. The van der Waals surface area contributed by atoms with Gasteiger partial charge in [-0.2, -0.15) is 0 Å². The summed E-state index contributed by atoms with van der Waals surface area (Å²) in [5.74, 6) is -0.312. The van der Waals surface area contributed by atoms with Crippen LogP contribution in [-0.2, 0) is 11.2 Å². The molecule has 0 aliphatic rings. The molecule has 1 atom stereocenters. The standard InChI is InChI=1S/C21H21ClFN3O2/c1-15(20(27)24-13-7-9-16-8-5-6-12-19(16)23)28-21-18(22)14-26(25-21)17-10-3-2-4-11-17/h2-6,8,10-12,14-15H,7,9,13H2,1H3,(H,24,27)/t15-/m1/s1. The number of amides is 1. The molecule has 0 unspecified atom stereocenters. The van der Waals surface area contributed by atoms with E-state index in [1.807, 2.05) is 30.3 Å². The number of carbonyl (C=O) groups excluding carboxylic acids is 1. The van der Waals surface area contributed by atoms with Crippen LogP contribution >= 0.6 is 11.6 Å². The fourth-order valence-electron chi connectivity index (χ4n) is 2.69. The van der Waals surface area contributed by atoms with Gasteiger partial charge in [0.25, 0.3) is 11.8 Å². The van der Waals surface area contributed by atoms with Crippen LogP contribution in [0.3, 0.4) is 0 Å². The number of rotatable bonds is 8. The van der Waals surface area contributed by atoms with E-state index in [1.165, 1.54) is 6.07 Å². The van der Waals surface area contributed by atoms with E-state index in [1.54, 1.807) is 36.0 Å². The van der Waals surface area contributed by atoms with Crippen LogP contribution in [-0.4, -0.2) is 28.3 Å². The molecule has 1 amide bonds. The first kappa shape index (κ1) is 19.9. The van der Waals surface area contributed by atoms with E-state index in [0.29, 0.717) is 30.0 Å². The highest BCUT2D eigenvalue weighted by molar-refractivity contribution is 6.31. The van der Waals surface area contributed by atoms with Crippen LogP contribution < -0.4 is 10.1 Å². The van der Waals surface area contributed by atoms with E-state index in [0.717, 1.165) is 5.69 Å². The van der Waals surface area contributed by atoms with Crippen LogP contribution in [0, 0.1) is 5.82 Å². The van der Waals surface area contributed by atoms with Crippen LogP contribution in [0.4, 0.5) is 4.39 Å². The number of benzene rings is 2. The fraction of sp³-hybridized carbons (Fsp3) is 0.238. The van der Waals surface area contributed by atoms with Gasteiger partial charge in [0.05, 0.1) is 11.9 Å². The van der Waals surface area contributed by atoms with Crippen LogP contribution in [0.15, 0.2) is 60.8 Å². The second-order valence-corrected chi connectivity index (χ2v) is 6.72. The molecular formula is C21H21ClFN3O2. The average Bonchev–Trinajstić information content (AvgIpc) is 3.07. The minimum atomic E-state index is -0.759. The highest BCUT2D eigenvalue weighted by Gasteiger charge is 2.18. The third-order valence-electron chi connectivity index (χ3n) is 4.20. The Bertz CT molecular complexity index is 930. The minimum Gasteiger partial charge on any atom is -0.462 e. The number of hydrogen-bond donors (Lipinski definition) is 1. The summed E-state index contributed by atoms with van der Waals surface area (Å²) in [5.41, 5.74) is 1.48. The lowest BCUT2D eigenvalue weighted by Gasteiger charge is -2.13. The molecule has 3 aromatic rings. The van der Waals surface area contributed by atoms with Crippen molar-refractivity contribution >= 4 is 17.5 Å². The Labute approximate surface area is 168 Å². The molecule has 5 nitrogen and oxygen atoms in total. The first-order valence-corrected chi connectivity index (χ1v) is 9.41. The van der Waals surface area contributed by atoms with Crippen molar-refractivity contribution in [1.82, 2.24) is 15.1 Å². The SMILES string of the molecule is C[C@@H](Oc1nn(-c2ccccc2)cc1Cl)C(=O)NCCCc1ccccc1F. The van der Waals surface area contributed by atoms with E-state index < -0.39 is 6.10 Å². The lowest BCUT2D eigenvalue weighted by atomic mass is 10.1. The smallest absolute Gasteiger partial charge is 0.260 e. The van der Waals surface area contributed by atoms with Gasteiger partial charge in [-0.25, -0.2) is 9.07 Å². The van der Waals surface area contributed by atoms with Gasteiger partial charge in [0.15, 0.2) is 6.10 Å². The van der Waals surface area contributed by atoms with Crippen molar-refractivity contribution in [3.63, 3.8) is 0 Å². The van der Waals surface area contributed by atoms with E-state index in [-0.39, 0.29) is 17.6 Å². The molecule has 28 heavy (non-hydrogen) atoms. The summed E-state index contributed by atoms with van der Waals surface area (Å²) in [5, 5.41) is 7.40. The molecule has 1 heterocycles. The quantitative estimate of drug-likeness (QED) is 0.576. The number of para-hydroxylation sites is 1.